The molecule has 0 fully saturated rings. The predicted octanol–water partition coefficient (Wildman–Crippen LogP) is 6.69. The van der Waals surface area contributed by atoms with Gasteiger partial charge in [-0.2, -0.15) is 0 Å². The van der Waals surface area contributed by atoms with E-state index in [4.69, 9.17) is 25.5 Å². The fourth-order valence-electron chi connectivity index (χ4n) is 3.16. The van der Waals surface area contributed by atoms with Crippen LogP contribution in [0, 0.1) is 0 Å². The van der Waals surface area contributed by atoms with E-state index in [1.54, 1.807) is 36.5 Å². The molecule has 0 atom stereocenters. The molecule has 0 saturated carbocycles. The molecule has 4 aromatic rings. The van der Waals surface area contributed by atoms with E-state index in [0.717, 1.165) is 10.0 Å². The molecule has 1 aromatic heterocycles. The third-order valence-corrected chi connectivity index (χ3v) is 5.58. The van der Waals surface area contributed by atoms with Gasteiger partial charge in [-0.3, -0.25) is 4.79 Å². The molecule has 0 saturated heterocycles. The van der Waals surface area contributed by atoms with Gasteiger partial charge in [0, 0.05) is 27.7 Å². The molecule has 0 spiro atoms. The fourth-order valence-corrected chi connectivity index (χ4v) is 3.66. The molecule has 32 heavy (non-hydrogen) atoms. The normalized spacial score (nSPS) is 10.6. The molecule has 8 heteroatoms. The lowest BCUT2D eigenvalue weighted by molar-refractivity contribution is 0.102. The van der Waals surface area contributed by atoms with Gasteiger partial charge in [0.1, 0.15) is 11.5 Å². The van der Waals surface area contributed by atoms with Gasteiger partial charge < -0.3 is 19.2 Å². The van der Waals surface area contributed by atoms with E-state index < -0.39 is 0 Å². The number of aromatic nitrogens is 1. The van der Waals surface area contributed by atoms with Crippen LogP contribution in [0.25, 0.3) is 22.8 Å². The number of hydrogen-bond acceptors (Lipinski definition) is 5. The van der Waals surface area contributed by atoms with Gasteiger partial charge in [-0.15, -0.1) is 0 Å². The lowest BCUT2D eigenvalue weighted by Crippen LogP contribution is -2.14. The van der Waals surface area contributed by atoms with Crippen LogP contribution in [0.5, 0.6) is 11.5 Å². The van der Waals surface area contributed by atoms with Crippen LogP contribution in [-0.2, 0) is 0 Å². The first kappa shape index (κ1) is 21.9. The highest BCUT2D eigenvalue weighted by Crippen LogP contribution is 2.36. The standard InChI is InChI=1S/C24H18BrClN2O4/c1-30-20-12-19(21(31-2)11-18(20)26)28-23(29)16-5-3-4-6-17(16)24-27-13-22(32-24)14-7-9-15(25)10-8-14/h3-13H,1-2H3,(H,28,29). The number of benzene rings is 3. The van der Waals surface area contributed by atoms with Crippen molar-refractivity contribution in [2.75, 3.05) is 19.5 Å². The first-order valence-electron chi connectivity index (χ1n) is 9.54. The number of oxazole rings is 1. The average Bonchev–Trinajstić information content (AvgIpc) is 3.30. The first-order chi connectivity index (χ1) is 15.5. The maximum Gasteiger partial charge on any atom is 0.256 e. The number of carbonyl (C=O) groups excluding carboxylic acids is 1. The lowest BCUT2D eigenvalue weighted by Gasteiger charge is -2.14. The van der Waals surface area contributed by atoms with Crippen LogP contribution in [0.4, 0.5) is 5.69 Å². The Bertz CT molecular complexity index is 1270. The quantitative estimate of drug-likeness (QED) is 0.311. The molecule has 4 rings (SSSR count). The van der Waals surface area contributed by atoms with Crippen molar-refractivity contribution < 1.29 is 18.7 Å². The minimum atomic E-state index is -0.355. The summed E-state index contributed by atoms with van der Waals surface area (Å²) in [5, 5.41) is 3.24. The van der Waals surface area contributed by atoms with E-state index in [1.807, 2.05) is 30.3 Å². The van der Waals surface area contributed by atoms with Crippen LogP contribution in [-0.4, -0.2) is 25.1 Å². The monoisotopic (exact) mass is 512 g/mol. The summed E-state index contributed by atoms with van der Waals surface area (Å²) in [5.41, 5.74) is 2.27. The molecular formula is C24H18BrClN2O4. The third-order valence-electron chi connectivity index (χ3n) is 4.76. The number of carbonyl (C=O) groups is 1. The second kappa shape index (κ2) is 9.46. The Kier molecular flexibility index (Phi) is 6.48. The number of hydrogen-bond donors (Lipinski definition) is 1. The first-order valence-corrected chi connectivity index (χ1v) is 10.7. The zero-order valence-corrected chi connectivity index (χ0v) is 19.5. The van der Waals surface area contributed by atoms with Crippen molar-refractivity contribution in [2.24, 2.45) is 0 Å². The van der Waals surface area contributed by atoms with Crippen molar-refractivity contribution in [3.63, 3.8) is 0 Å². The molecular weight excluding hydrogens is 496 g/mol. The summed E-state index contributed by atoms with van der Waals surface area (Å²) in [6.07, 6.45) is 1.64. The Labute approximate surface area is 198 Å². The van der Waals surface area contributed by atoms with E-state index in [9.17, 15) is 4.79 Å². The van der Waals surface area contributed by atoms with Crippen LogP contribution >= 0.6 is 27.5 Å². The van der Waals surface area contributed by atoms with Gasteiger partial charge in [0.25, 0.3) is 5.91 Å². The van der Waals surface area contributed by atoms with Crippen molar-refractivity contribution in [3.05, 3.63) is 81.9 Å². The van der Waals surface area contributed by atoms with E-state index in [1.165, 1.54) is 14.2 Å². The number of ether oxygens (including phenoxy) is 2. The molecule has 0 aliphatic rings. The largest absolute Gasteiger partial charge is 0.495 e. The van der Waals surface area contributed by atoms with E-state index in [-0.39, 0.29) is 5.91 Å². The SMILES string of the molecule is COc1cc(NC(=O)c2ccccc2-c2ncc(-c3ccc(Br)cc3)o2)c(OC)cc1Cl. The predicted molar refractivity (Wildman–Crippen MR) is 128 cm³/mol. The van der Waals surface area contributed by atoms with E-state index in [0.29, 0.717) is 45.0 Å². The molecule has 1 N–H and O–H groups in total. The van der Waals surface area contributed by atoms with Crippen molar-refractivity contribution >= 4 is 39.1 Å². The molecule has 162 valence electrons. The summed E-state index contributed by atoms with van der Waals surface area (Å²) in [7, 11) is 3.00. The van der Waals surface area contributed by atoms with Gasteiger partial charge in [0.2, 0.25) is 5.89 Å². The minimum absolute atomic E-state index is 0.342. The molecule has 6 nitrogen and oxygen atoms in total. The second-order valence-electron chi connectivity index (χ2n) is 6.72. The highest BCUT2D eigenvalue weighted by atomic mass is 79.9. The van der Waals surface area contributed by atoms with Crippen LogP contribution < -0.4 is 14.8 Å². The zero-order valence-electron chi connectivity index (χ0n) is 17.2. The van der Waals surface area contributed by atoms with Crippen molar-refractivity contribution in [1.82, 2.24) is 4.98 Å². The van der Waals surface area contributed by atoms with Crippen LogP contribution in [0.3, 0.4) is 0 Å². The molecule has 0 radical (unpaired) electrons. The number of rotatable bonds is 6. The Morgan fingerprint density at radius 1 is 1.03 bits per heavy atom. The zero-order chi connectivity index (χ0) is 22.7. The number of nitrogens with one attached hydrogen (secondary N) is 1. The molecule has 0 bridgehead atoms. The highest BCUT2D eigenvalue weighted by molar-refractivity contribution is 9.10. The van der Waals surface area contributed by atoms with Gasteiger partial charge >= 0.3 is 0 Å². The van der Waals surface area contributed by atoms with E-state index >= 15 is 0 Å². The fraction of sp³-hybridized carbons (Fsp3) is 0.0833. The molecule has 0 aliphatic carbocycles. The number of amides is 1. The van der Waals surface area contributed by atoms with Gasteiger partial charge in [-0.05, 0) is 24.3 Å². The number of halogens is 2. The summed E-state index contributed by atoms with van der Waals surface area (Å²) in [6, 6.07) is 18.0. The maximum absolute atomic E-state index is 13.2. The number of anilines is 1. The van der Waals surface area contributed by atoms with Gasteiger partial charge in [-0.25, -0.2) is 4.98 Å². The summed E-state index contributed by atoms with van der Waals surface area (Å²) in [5.74, 6) is 1.42. The van der Waals surface area contributed by atoms with Crippen molar-refractivity contribution in [1.29, 1.82) is 0 Å². The smallest absolute Gasteiger partial charge is 0.256 e. The Morgan fingerprint density at radius 3 is 2.47 bits per heavy atom. The lowest BCUT2D eigenvalue weighted by atomic mass is 10.1. The Hall–Kier alpha value is -3.29. The number of nitrogens with zero attached hydrogens (tertiary/aromatic N) is 1. The molecule has 3 aromatic carbocycles. The Balaban J connectivity index is 1.66. The topological polar surface area (TPSA) is 73.6 Å². The van der Waals surface area contributed by atoms with Crippen molar-refractivity contribution in [3.8, 4) is 34.3 Å². The molecule has 1 amide bonds. The van der Waals surface area contributed by atoms with Crippen LogP contribution in [0.1, 0.15) is 10.4 Å². The van der Waals surface area contributed by atoms with E-state index in [2.05, 4.69) is 26.2 Å². The average molecular weight is 514 g/mol. The second-order valence-corrected chi connectivity index (χ2v) is 8.05. The Morgan fingerprint density at radius 2 is 1.75 bits per heavy atom. The minimum Gasteiger partial charge on any atom is -0.495 e. The van der Waals surface area contributed by atoms with Crippen LogP contribution in [0.2, 0.25) is 5.02 Å². The summed E-state index contributed by atoms with van der Waals surface area (Å²) < 4.78 is 17.5. The summed E-state index contributed by atoms with van der Waals surface area (Å²) in [4.78, 5) is 17.5. The van der Waals surface area contributed by atoms with Crippen molar-refractivity contribution in [2.45, 2.75) is 0 Å². The van der Waals surface area contributed by atoms with Gasteiger partial charge in [0.15, 0.2) is 5.76 Å². The molecule has 1 heterocycles. The van der Waals surface area contributed by atoms with Gasteiger partial charge in [0.05, 0.1) is 36.7 Å². The number of methoxy groups -OCH3 is 2. The molecule has 0 unspecified atom stereocenters. The molecule has 0 aliphatic heterocycles. The summed E-state index contributed by atoms with van der Waals surface area (Å²) >= 11 is 9.58. The third kappa shape index (κ3) is 4.49. The maximum atomic E-state index is 13.2. The van der Waals surface area contributed by atoms with Gasteiger partial charge in [-0.1, -0.05) is 51.8 Å². The summed E-state index contributed by atoms with van der Waals surface area (Å²) in [6.45, 7) is 0. The van der Waals surface area contributed by atoms with Crippen LogP contribution in [0.15, 0.2) is 75.8 Å². The highest BCUT2D eigenvalue weighted by Gasteiger charge is 2.19.